The van der Waals surface area contributed by atoms with Crippen LogP contribution in [-0.4, -0.2) is 12.1 Å². The molecule has 3 rings (SSSR count). The zero-order valence-corrected chi connectivity index (χ0v) is 10.0. The highest BCUT2D eigenvalue weighted by Crippen LogP contribution is 2.40. The van der Waals surface area contributed by atoms with E-state index in [1.807, 2.05) is 18.2 Å². The summed E-state index contributed by atoms with van der Waals surface area (Å²) < 4.78 is 6.19. The van der Waals surface area contributed by atoms with E-state index in [-0.39, 0.29) is 5.60 Å². The number of halogens is 1. The molecule has 1 heterocycles. The van der Waals surface area contributed by atoms with Gasteiger partial charge in [0.15, 0.2) is 0 Å². The maximum atomic E-state index is 6.19. The molecule has 16 heavy (non-hydrogen) atoms. The molecule has 1 aromatic carbocycles. The summed E-state index contributed by atoms with van der Waals surface area (Å²) in [5, 5.41) is 4.21. The SMILES string of the molecule is Clc1ccc2c(c1)NCC1(CCCCC1)O2. The van der Waals surface area contributed by atoms with E-state index in [1.165, 1.54) is 32.1 Å². The zero-order chi connectivity index (χ0) is 11.0. The fourth-order valence-electron chi connectivity index (χ4n) is 2.73. The average Bonchev–Trinajstić information content (AvgIpc) is 2.31. The van der Waals surface area contributed by atoms with E-state index >= 15 is 0 Å². The second kappa shape index (κ2) is 3.85. The molecule has 0 amide bonds. The molecule has 0 atom stereocenters. The van der Waals surface area contributed by atoms with Crippen molar-refractivity contribution in [1.29, 1.82) is 0 Å². The molecule has 1 aliphatic carbocycles. The van der Waals surface area contributed by atoms with Crippen molar-refractivity contribution < 1.29 is 4.74 Å². The molecule has 0 saturated heterocycles. The summed E-state index contributed by atoms with van der Waals surface area (Å²) >= 11 is 5.96. The van der Waals surface area contributed by atoms with Crippen molar-refractivity contribution in [2.24, 2.45) is 0 Å². The largest absolute Gasteiger partial charge is 0.483 e. The number of nitrogens with one attached hydrogen (secondary N) is 1. The molecule has 0 bridgehead atoms. The zero-order valence-electron chi connectivity index (χ0n) is 9.26. The molecule has 1 aromatic rings. The highest BCUT2D eigenvalue weighted by Gasteiger charge is 2.37. The van der Waals surface area contributed by atoms with Crippen molar-refractivity contribution in [2.45, 2.75) is 37.7 Å². The van der Waals surface area contributed by atoms with Crippen LogP contribution in [0.4, 0.5) is 5.69 Å². The second-order valence-corrected chi connectivity index (χ2v) is 5.28. The van der Waals surface area contributed by atoms with E-state index in [0.29, 0.717) is 0 Å². The number of anilines is 1. The number of fused-ring (bicyclic) bond motifs is 1. The van der Waals surface area contributed by atoms with E-state index in [1.54, 1.807) is 0 Å². The Bertz CT molecular complexity index is 399. The fourth-order valence-corrected chi connectivity index (χ4v) is 2.90. The van der Waals surface area contributed by atoms with Crippen LogP contribution in [0.1, 0.15) is 32.1 Å². The number of hydrogen-bond donors (Lipinski definition) is 1. The fraction of sp³-hybridized carbons (Fsp3) is 0.538. The summed E-state index contributed by atoms with van der Waals surface area (Å²) in [5.41, 5.74) is 1.07. The lowest BCUT2D eigenvalue weighted by Crippen LogP contribution is -2.47. The lowest BCUT2D eigenvalue weighted by atomic mass is 9.83. The van der Waals surface area contributed by atoms with Gasteiger partial charge in [-0.3, -0.25) is 0 Å². The Morgan fingerprint density at radius 1 is 1.19 bits per heavy atom. The van der Waals surface area contributed by atoms with Crippen LogP contribution in [0, 0.1) is 0 Å². The van der Waals surface area contributed by atoms with Gasteiger partial charge in [0.25, 0.3) is 0 Å². The summed E-state index contributed by atoms with van der Waals surface area (Å²) in [7, 11) is 0. The lowest BCUT2D eigenvalue weighted by Gasteiger charge is -2.41. The molecule has 2 nitrogen and oxygen atoms in total. The molecule has 2 aliphatic rings. The third-order valence-corrected chi connectivity index (χ3v) is 3.87. The van der Waals surface area contributed by atoms with E-state index < -0.39 is 0 Å². The smallest absolute Gasteiger partial charge is 0.143 e. The normalized spacial score (nSPS) is 22.1. The third kappa shape index (κ3) is 1.75. The summed E-state index contributed by atoms with van der Waals surface area (Å²) in [6.45, 7) is 0.917. The molecule has 0 aromatic heterocycles. The molecule has 1 fully saturated rings. The Morgan fingerprint density at radius 2 is 2.00 bits per heavy atom. The summed E-state index contributed by atoms with van der Waals surface area (Å²) in [5.74, 6) is 0.956. The molecule has 0 unspecified atom stereocenters. The van der Waals surface area contributed by atoms with E-state index in [4.69, 9.17) is 16.3 Å². The minimum atomic E-state index is 0.0408. The Hall–Kier alpha value is -0.890. The Morgan fingerprint density at radius 3 is 2.81 bits per heavy atom. The predicted molar refractivity (Wildman–Crippen MR) is 66.4 cm³/mol. The third-order valence-electron chi connectivity index (χ3n) is 3.63. The van der Waals surface area contributed by atoms with Gasteiger partial charge in [-0.25, -0.2) is 0 Å². The lowest BCUT2D eigenvalue weighted by molar-refractivity contribution is 0.0369. The quantitative estimate of drug-likeness (QED) is 0.740. The van der Waals surface area contributed by atoms with Crippen molar-refractivity contribution >= 4 is 17.3 Å². The van der Waals surface area contributed by atoms with Crippen molar-refractivity contribution in [3.8, 4) is 5.75 Å². The van der Waals surface area contributed by atoms with Crippen molar-refractivity contribution in [3.05, 3.63) is 23.2 Å². The van der Waals surface area contributed by atoms with Gasteiger partial charge in [-0.1, -0.05) is 18.0 Å². The molecular weight excluding hydrogens is 222 g/mol. The first-order valence-electron chi connectivity index (χ1n) is 6.00. The van der Waals surface area contributed by atoms with Crippen molar-refractivity contribution in [1.82, 2.24) is 0 Å². The molecule has 0 radical (unpaired) electrons. The van der Waals surface area contributed by atoms with Crippen LogP contribution < -0.4 is 10.1 Å². The van der Waals surface area contributed by atoms with Crippen LogP contribution >= 0.6 is 11.6 Å². The molecule has 1 saturated carbocycles. The monoisotopic (exact) mass is 237 g/mol. The number of hydrogen-bond acceptors (Lipinski definition) is 2. The van der Waals surface area contributed by atoms with Gasteiger partial charge >= 0.3 is 0 Å². The van der Waals surface area contributed by atoms with Crippen LogP contribution in [-0.2, 0) is 0 Å². The molecule has 86 valence electrons. The van der Waals surface area contributed by atoms with Gasteiger partial charge < -0.3 is 10.1 Å². The van der Waals surface area contributed by atoms with Gasteiger partial charge in [0, 0.05) is 5.02 Å². The predicted octanol–water partition coefficient (Wildman–Crippen LogP) is 3.85. The van der Waals surface area contributed by atoms with E-state index in [9.17, 15) is 0 Å². The molecule has 1 aliphatic heterocycles. The summed E-state index contributed by atoms with van der Waals surface area (Å²) in [6, 6.07) is 5.80. The van der Waals surface area contributed by atoms with Crippen LogP contribution in [0.2, 0.25) is 5.02 Å². The number of ether oxygens (including phenoxy) is 1. The number of rotatable bonds is 0. The highest BCUT2D eigenvalue weighted by atomic mass is 35.5. The maximum absolute atomic E-state index is 6.19. The highest BCUT2D eigenvalue weighted by molar-refractivity contribution is 6.30. The second-order valence-electron chi connectivity index (χ2n) is 4.84. The van der Waals surface area contributed by atoms with Gasteiger partial charge in [0.2, 0.25) is 0 Å². The first kappa shape index (κ1) is 10.3. The van der Waals surface area contributed by atoms with Crippen LogP contribution in [0.25, 0.3) is 0 Å². The first-order chi connectivity index (χ1) is 7.77. The molecule has 1 N–H and O–H groups in total. The first-order valence-corrected chi connectivity index (χ1v) is 6.38. The minimum Gasteiger partial charge on any atom is -0.483 e. The van der Waals surface area contributed by atoms with E-state index in [2.05, 4.69) is 5.32 Å². The molecular formula is C13H16ClNO. The van der Waals surface area contributed by atoms with E-state index in [0.717, 1.165) is 23.0 Å². The van der Waals surface area contributed by atoms with Crippen LogP contribution in [0.5, 0.6) is 5.75 Å². The Balaban J connectivity index is 1.88. The van der Waals surface area contributed by atoms with Crippen molar-refractivity contribution in [3.63, 3.8) is 0 Å². The molecule has 1 spiro atoms. The van der Waals surface area contributed by atoms with Crippen LogP contribution in [0.3, 0.4) is 0 Å². The Kier molecular flexibility index (Phi) is 2.47. The molecule has 3 heteroatoms. The van der Waals surface area contributed by atoms with Gasteiger partial charge in [-0.15, -0.1) is 0 Å². The summed E-state index contributed by atoms with van der Waals surface area (Å²) in [6.07, 6.45) is 6.25. The van der Waals surface area contributed by atoms with Gasteiger partial charge in [-0.2, -0.15) is 0 Å². The average molecular weight is 238 g/mol. The topological polar surface area (TPSA) is 21.3 Å². The maximum Gasteiger partial charge on any atom is 0.143 e. The summed E-state index contributed by atoms with van der Waals surface area (Å²) in [4.78, 5) is 0. The Labute approximate surface area is 101 Å². The minimum absolute atomic E-state index is 0.0408. The standard InChI is InChI=1S/C13H16ClNO/c14-10-4-5-12-11(8-10)15-9-13(16-12)6-2-1-3-7-13/h4-5,8,15H,1-3,6-7,9H2. The number of benzene rings is 1. The van der Waals surface area contributed by atoms with Gasteiger partial charge in [-0.05, 0) is 43.9 Å². The van der Waals surface area contributed by atoms with Crippen LogP contribution in [0.15, 0.2) is 18.2 Å². The van der Waals surface area contributed by atoms with Crippen molar-refractivity contribution in [2.75, 3.05) is 11.9 Å². The van der Waals surface area contributed by atoms with Gasteiger partial charge in [0.05, 0.1) is 12.2 Å². The van der Waals surface area contributed by atoms with Gasteiger partial charge in [0.1, 0.15) is 11.4 Å².